The number of nitrogens with one attached hydrogen (secondary N) is 2. The zero-order valence-corrected chi connectivity index (χ0v) is 23.2. The van der Waals surface area contributed by atoms with Gasteiger partial charge in [-0.2, -0.15) is 0 Å². The quantitative estimate of drug-likeness (QED) is 0.434. The van der Waals surface area contributed by atoms with Gasteiger partial charge in [-0.1, -0.05) is 12.1 Å². The number of halogens is 1. The molecule has 1 aliphatic rings. The molecule has 0 spiro atoms. The molecule has 0 aliphatic carbocycles. The lowest BCUT2D eigenvalue weighted by Crippen LogP contribution is -2.59. The van der Waals surface area contributed by atoms with Gasteiger partial charge in [0.1, 0.15) is 23.5 Å². The molecule has 208 valence electrons. The van der Waals surface area contributed by atoms with Crippen molar-refractivity contribution >= 4 is 17.9 Å². The van der Waals surface area contributed by atoms with Crippen molar-refractivity contribution in [2.75, 3.05) is 33.8 Å². The Balaban J connectivity index is 1.97. The van der Waals surface area contributed by atoms with Gasteiger partial charge < -0.3 is 25.0 Å². The molecule has 1 heterocycles. The minimum atomic E-state index is -0.896. The van der Waals surface area contributed by atoms with Crippen molar-refractivity contribution in [3.8, 4) is 0 Å². The average molecular weight is 523 g/mol. The summed E-state index contributed by atoms with van der Waals surface area (Å²) in [7, 11) is 2.98. The second-order valence-electron chi connectivity index (χ2n) is 10.6. The molecule has 2 rings (SSSR count). The van der Waals surface area contributed by atoms with Crippen LogP contribution in [-0.4, -0.2) is 91.3 Å². The highest BCUT2D eigenvalue weighted by Crippen LogP contribution is 2.19. The lowest BCUT2D eigenvalue weighted by molar-refractivity contribution is -0.141. The van der Waals surface area contributed by atoms with Gasteiger partial charge in [-0.25, -0.2) is 9.18 Å². The fourth-order valence-electron chi connectivity index (χ4n) is 4.13. The van der Waals surface area contributed by atoms with Gasteiger partial charge in [0.05, 0.1) is 6.10 Å². The first-order chi connectivity index (χ1) is 17.3. The molecule has 2 N–H and O–H groups in total. The highest BCUT2D eigenvalue weighted by Gasteiger charge is 2.38. The number of likely N-dealkylation sites (N-methyl/N-ethyl adjacent to an activating group) is 1. The predicted molar refractivity (Wildman–Crippen MR) is 140 cm³/mol. The molecule has 3 amide bonds. The molecule has 1 aromatic rings. The number of nitrogens with zero attached hydrogens (tertiary/aromatic N) is 2. The van der Waals surface area contributed by atoms with Gasteiger partial charge in [-0.3, -0.25) is 14.5 Å². The Morgan fingerprint density at radius 3 is 2.43 bits per heavy atom. The summed E-state index contributed by atoms with van der Waals surface area (Å²) in [5, 5.41) is 6.20. The first kappa shape index (κ1) is 30.5. The zero-order chi connectivity index (χ0) is 27.8. The number of methoxy groups -OCH3 is 1. The number of hydrogen-bond donors (Lipinski definition) is 2. The molecule has 1 fully saturated rings. The summed E-state index contributed by atoms with van der Waals surface area (Å²) in [6.45, 7) is 10.5. The molecular formula is C27H43FN4O5. The van der Waals surface area contributed by atoms with Crippen molar-refractivity contribution in [3.05, 3.63) is 35.6 Å². The molecule has 0 aromatic heterocycles. The first-order valence-corrected chi connectivity index (χ1v) is 12.9. The smallest absolute Gasteiger partial charge is 0.410 e. The molecule has 10 heteroatoms. The minimum absolute atomic E-state index is 0.00830. The summed E-state index contributed by atoms with van der Waals surface area (Å²) >= 11 is 0. The van der Waals surface area contributed by atoms with E-state index in [1.54, 1.807) is 51.7 Å². The van der Waals surface area contributed by atoms with E-state index in [-0.39, 0.29) is 17.8 Å². The molecule has 1 saturated heterocycles. The van der Waals surface area contributed by atoms with E-state index in [0.29, 0.717) is 19.6 Å². The van der Waals surface area contributed by atoms with Crippen molar-refractivity contribution in [2.24, 2.45) is 0 Å². The molecule has 0 radical (unpaired) electrons. The van der Waals surface area contributed by atoms with E-state index in [4.69, 9.17) is 9.47 Å². The van der Waals surface area contributed by atoms with Crippen molar-refractivity contribution in [1.29, 1.82) is 0 Å². The summed E-state index contributed by atoms with van der Waals surface area (Å²) in [5.74, 6) is -0.934. The maximum Gasteiger partial charge on any atom is 0.410 e. The maximum atomic E-state index is 13.6. The number of carbonyl (C=O) groups excluding carboxylic acids is 3. The van der Waals surface area contributed by atoms with E-state index in [0.717, 1.165) is 24.8 Å². The molecule has 9 nitrogen and oxygen atoms in total. The second-order valence-corrected chi connectivity index (χ2v) is 10.6. The molecule has 37 heavy (non-hydrogen) atoms. The molecule has 1 unspecified atom stereocenters. The fourth-order valence-corrected chi connectivity index (χ4v) is 4.13. The lowest BCUT2D eigenvalue weighted by atomic mass is 10.1. The van der Waals surface area contributed by atoms with E-state index in [1.165, 1.54) is 31.2 Å². The van der Waals surface area contributed by atoms with Crippen LogP contribution >= 0.6 is 0 Å². The van der Waals surface area contributed by atoms with Gasteiger partial charge in [-0.05, 0) is 78.1 Å². The Hall–Kier alpha value is -2.72. The van der Waals surface area contributed by atoms with Gasteiger partial charge in [0, 0.05) is 33.3 Å². The van der Waals surface area contributed by atoms with Crippen LogP contribution in [0.25, 0.3) is 0 Å². The van der Waals surface area contributed by atoms with Crippen molar-refractivity contribution < 1.29 is 28.2 Å². The number of ether oxygens (including phenoxy) is 2. The molecule has 1 aromatic carbocycles. The van der Waals surface area contributed by atoms with E-state index in [1.807, 2.05) is 0 Å². The van der Waals surface area contributed by atoms with Gasteiger partial charge in [0.25, 0.3) is 0 Å². The van der Waals surface area contributed by atoms with Crippen LogP contribution in [0.3, 0.4) is 0 Å². The van der Waals surface area contributed by atoms with Crippen LogP contribution in [0.1, 0.15) is 53.0 Å². The third kappa shape index (κ3) is 9.27. The molecule has 1 aliphatic heterocycles. The Morgan fingerprint density at radius 2 is 1.84 bits per heavy atom. The van der Waals surface area contributed by atoms with Crippen LogP contribution in [0.5, 0.6) is 0 Å². The Labute approximate surface area is 220 Å². The topological polar surface area (TPSA) is 100 Å². The van der Waals surface area contributed by atoms with E-state index in [2.05, 4.69) is 10.6 Å². The van der Waals surface area contributed by atoms with Gasteiger partial charge in [0.15, 0.2) is 0 Å². The van der Waals surface area contributed by atoms with Gasteiger partial charge >= 0.3 is 6.09 Å². The second kappa shape index (κ2) is 13.7. The van der Waals surface area contributed by atoms with Gasteiger partial charge in [0.2, 0.25) is 11.8 Å². The summed E-state index contributed by atoms with van der Waals surface area (Å²) in [6, 6.07) is 4.68. The number of likely N-dealkylation sites (tertiary alicyclic amines) is 1. The molecule has 0 saturated carbocycles. The fraction of sp³-hybridized carbons (Fsp3) is 0.667. The number of hydrogen-bond acceptors (Lipinski definition) is 6. The number of carbonyl (C=O) groups is 3. The van der Waals surface area contributed by atoms with E-state index < -0.39 is 35.8 Å². The monoisotopic (exact) mass is 522 g/mol. The van der Waals surface area contributed by atoms with Crippen LogP contribution in [0.4, 0.5) is 9.18 Å². The molecule has 0 bridgehead atoms. The largest absolute Gasteiger partial charge is 0.444 e. The zero-order valence-electron chi connectivity index (χ0n) is 23.2. The minimum Gasteiger partial charge on any atom is -0.444 e. The maximum absolute atomic E-state index is 13.6. The van der Waals surface area contributed by atoms with Crippen LogP contribution in [0.2, 0.25) is 0 Å². The molecule has 4 atom stereocenters. The summed E-state index contributed by atoms with van der Waals surface area (Å²) in [5.41, 5.74) is 0.345. The standard InChI is InChI=1S/C27H43FN4O5/c1-18(31(6)26(35)37-27(3,4)5)24(33)30-23(19(2)36-7)25(34)32-16-8-9-22(32)17-29-15-14-20-10-12-21(28)13-11-20/h10-13,18-19,22-23,29H,8-9,14-17H2,1-7H3,(H,30,33)/t18-,19+,22?,23-/m0/s1. The van der Waals surface area contributed by atoms with Crippen molar-refractivity contribution in [3.63, 3.8) is 0 Å². The normalized spacial score (nSPS) is 18.2. The predicted octanol–water partition coefficient (Wildman–Crippen LogP) is 2.72. The van der Waals surface area contributed by atoms with Crippen molar-refractivity contribution in [1.82, 2.24) is 20.4 Å². The van der Waals surface area contributed by atoms with Crippen LogP contribution in [0, 0.1) is 5.82 Å². The summed E-state index contributed by atoms with van der Waals surface area (Å²) < 4.78 is 23.9. The third-order valence-corrected chi connectivity index (χ3v) is 6.59. The first-order valence-electron chi connectivity index (χ1n) is 12.9. The Bertz CT molecular complexity index is 905. The highest BCUT2D eigenvalue weighted by molar-refractivity contribution is 5.91. The van der Waals surface area contributed by atoms with Gasteiger partial charge in [-0.15, -0.1) is 0 Å². The average Bonchev–Trinajstić information content (AvgIpc) is 3.31. The Morgan fingerprint density at radius 1 is 1.19 bits per heavy atom. The Kier molecular flexibility index (Phi) is 11.3. The van der Waals surface area contributed by atoms with E-state index in [9.17, 15) is 18.8 Å². The summed E-state index contributed by atoms with van der Waals surface area (Å²) in [6.07, 6.45) is 1.29. The third-order valence-electron chi connectivity index (χ3n) is 6.59. The van der Waals surface area contributed by atoms with E-state index >= 15 is 0 Å². The summed E-state index contributed by atoms with van der Waals surface area (Å²) in [4.78, 5) is 42.0. The van der Waals surface area contributed by atoms with Crippen LogP contribution in [-0.2, 0) is 25.5 Å². The van der Waals surface area contributed by atoms with Crippen LogP contribution in [0.15, 0.2) is 24.3 Å². The number of benzene rings is 1. The molecular weight excluding hydrogens is 479 g/mol. The number of rotatable bonds is 11. The van der Waals surface area contributed by atoms with Crippen molar-refractivity contribution in [2.45, 2.75) is 83.7 Å². The lowest BCUT2D eigenvalue weighted by Gasteiger charge is -2.33. The SMILES string of the molecule is CO[C@H](C)[C@H](NC(=O)[C@H](C)N(C)C(=O)OC(C)(C)C)C(=O)N1CCCC1CNCCc1ccc(F)cc1. The number of amides is 3. The highest BCUT2D eigenvalue weighted by atomic mass is 19.1. The van der Waals surface area contributed by atoms with Crippen LogP contribution < -0.4 is 10.6 Å².